The normalized spacial score (nSPS) is 10.3. The van der Waals surface area contributed by atoms with Crippen molar-refractivity contribution in [2.75, 3.05) is 0 Å². The van der Waals surface area contributed by atoms with Crippen molar-refractivity contribution in [1.82, 2.24) is 9.78 Å². The predicted octanol–water partition coefficient (Wildman–Crippen LogP) is 0.851. The lowest BCUT2D eigenvalue weighted by Crippen LogP contribution is -2.26. The van der Waals surface area contributed by atoms with Crippen LogP contribution in [0.4, 0.5) is 0 Å². The molecule has 0 amide bonds. The van der Waals surface area contributed by atoms with Crippen molar-refractivity contribution in [3.63, 3.8) is 0 Å². The van der Waals surface area contributed by atoms with Crippen LogP contribution in [-0.4, -0.2) is 26.0 Å². The summed E-state index contributed by atoms with van der Waals surface area (Å²) in [4.78, 5) is 22.5. The van der Waals surface area contributed by atoms with Gasteiger partial charge in [-0.05, 0) is 18.2 Å². The molecule has 0 radical (unpaired) electrons. The summed E-state index contributed by atoms with van der Waals surface area (Å²) >= 11 is 0. The summed E-state index contributed by atoms with van der Waals surface area (Å²) in [6, 6.07) is 7.40. The Balaban J connectivity index is 2.66. The maximum absolute atomic E-state index is 11.5. The summed E-state index contributed by atoms with van der Waals surface area (Å²) < 4.78 is 0.961. The van der Waals surface area contributed by atoms with E-state index in [4.69, 9.17) is 5.11 Å². The summed E-state index contributed by atoms with van der Waals surface area (Å²) in [7, 11) is 1.38. The van der Waals surface area contributed by atoms with Crippen molar-refractivity contribution in [1.29, 1.82) is 0 Å². The number of aromatic hydroxyl groups is 1. The number of hydrogen-bond donors (Lipinski definition) is 2. The molecule has 1 aromatic carbocycles. The molecule has 1 heterocycles. The van der Waals surface area contributed by atoms with Crippen LogP contribution in [0.2, 0.25) is 0 Å². The van der Waals surface area contributed by atoms with E-state index in [0.717, 1.165) is 4.68 Å². The second kappa shape index (κ2) is 4.33. The number of carbonyl (C=O) groups is 1. The minimum absolute atomic E-state index is 0.0417. The topological polar surface area (TPSA) is 92.4 Å². The van der Waals surface area contributed by atoms with Crippen LogP contribution in [0.15, 0.2) is 35.1 Å². The standard InChI is InChI=1S/C12H10N2O4/c1-14-11(16)9(12(17)18)6-10(13-14)7-3-2-4-8(15)5-7/h2-6,15H,1H3,(H,17,18). The number of carboxylic acid groups (broad SMARTS) is 1. The second-order valence-corrected chi connectivity index (χ2v) is 3.73. The van der Waals surface area contributed by atoms with Gasteiger partial charge >= 0.3 is 5.97 Å². The van der Waals surface area contributed by atoms with Crippen molar-refractivity contribution in [2.45, 2.75) is 0 Å². The molecule has 0 spiro atoms. The third kappa shape index (κ3) is 2.08. The highest BCUT2D eigenvalue weighted by Gasteiger charge is 2.13. The van der Waals surface area contributed by atoms with E-state index in [1.54, 1.807) is 12.1 Å². The Morgan fingerprint density at radius 2 is 2.06 bits per heavy atom. The maximum atomic E-state index is 11.5. The Hall–Kier alpha value is -2.63. The lowest BCUT2D eigenvalue weighted by molar-refractivity contribution is 0.0694. The molecule has 1 aromatic heterocycles. The van der Waals surface area contributed by atoms with E-state index in [-0.39, 0.29) is 11.3 Å². The Morgan fingerprint density at radius 3 is 2.67 bits per heavy atom. The number of phenols is 1. The van der Waals surface area contributed by atoms with Crippen LogP contribution in [-0.2, 0) is 7.05 Å². The van der Waals surface area contributed by atoms with Crippen LogP contribution in [0.25, 0.3) is 11.3 Å². The minimum Gasteiger partial charge on any atom is -0.508 e. The van der Waals surface area contributed by atoms with Crippen LogP contribution in [0.3, 0.4) is 0 Å². The van der Waals surface area contributed by atoms with Gasteiger partial charge in [0.05, 0.1) is 5.69 Å². The SMILES string of the molecule is Cn1nc(-c2cccc(O)c2)cc(C(=O)O)c1=O. The first-order valence-corrected chi connectivity index (χ1v) is 5.10. The number of nitrogens with zero attached hydrogens (tertiary/aromatic N) is 2. The van der Waals surface area contributed by atoms with Gasteiger partial charge in [0.15, 0.2) is 0 Å². The van der Waals surface area contributed by atoms with Crippen LogP contribution in [0.1, 0.15) is 10.4 Å². The lowest BCUT2D eigenvalue weighted by Gasteiger charge is -2.05. The van der Waals surface area contributed by atoms with E-state index in [1.165, 1.54) is 25.2 Å². The number of aromatic nitrogens is 2. The Labute approximate surface area is 102 Å². The van der Waals surface area contributed by atoms with Crippen molar-refractivity contribution < 1.29 is 15.0 Å². The van der Waals surface area contributed by atoms with Crippen molar-refractivity contribution in [2.24, 2.45) is 7.05 Å². The molecule has 0 bridgehead atoms. The van der Waals surface area contributed by atoms with Crippen LogP contribution in [0, 0.1) is 0 Å². The van der Waals surface area contributed by atoms with Gasteiger partial charge in [-0.2, -0.15) is 5.10 Å². The fourth-order valence-corrected chi connectivity index (χ4v) is 1.57. The average molecular weight is 246 g/mol. The zero-order valence-electron chi connectivity index (χ0n) is 9.49. The number of phenolic OH excluding ortho intramolecular Hbond substituents is 1. The van der Waals surface area contributed by atoms with Gasteiger partial charge in [-0.3, -0.25) is 4.79 Å². The van der Waals surface area contributed by atoms with Crippen LogP contribution >= 0.6 is 0 Å². The lowest BCUT2D eigenvalue weighted by atomic mass is 10.1. The Kier molecular flexibility index (Phi) is 2.85. The number of hydrogen-bond acceptors (Lipinski definition) is 4. The van der Waals surface area contributed by atoms with Gasteiger partial charge < -0.3 is 10.2 Å². The van der Waals surface area contributed by atoms with E-state index >= 15 is 0 Å². The van der Waals surface area contributed by atoms with E-state index in [2.05, 4.69) is 5.10 Å². The van der Waals surface area contributed by atoms with Crippen molar-refractivity contribution >= 4 is 5.97 Å². The summed E-state index contributed by atoms with van der Waals surface area (Å²) in [5, 5.41) is 22.2. The third-order valence-corrected chi connectivity index (χ3v) is 2.44. The van der Waals surface area contributed by atoms with E-state index in [9.17, 15) is 14.7 Å². The third-order valence-electron chi connectivity index (χ3n) is 2.44. The molecule has 0 fully saturated rings. The number of aromatic carboxylic acids is 1. The van der Waals surface area contributed by atoms with Gasteiger partial charge in [0.1, 0.15) is 11.3 Å². The monoisotopic (exact) mass is 246 g/mol. The number of benzene rings is 1. The molecular formula is C12H10N2O4. The molecule has 0 aliphatic rings. The van der Waals surface area contributed by atoms with Gasteiger partial charge in [0, 0.05) is 12.6 Å². The molecule has 0 unspecified atom stereocenters. The zero-order valence-corrected chi connectivity index (χ0v) is 9.49. The number of rotatable bonds is 2. The fraction of sp³-hybridized carbons (Fsp3) is 0.0833. The molecule has 18 heavy (non-hydrogen) atoms. The highest BCUT2D eigenvalue weighted by atomic mass is 16.4. The summed E-state index contributed by atoms with van der Waals surface area (Å²) in [6.45, 7) is 0. The first-order valence-electron chi connectivity index (χ1n) is 5.10. The molecule has 0 aliphatic carbocycles. The molecule has 0 atom stereocenters. The van der Waals surface area contributed by atoms with Gasteiger partial charge in [-0.15, -0.1) is 0 Å². The molecule has 6 heteroatoms. The smallest absolute Gasteiger partial charge is 0.341 e. The highest BCUT2D eigenvalue weighted by Crippen LogP contribution is 2.20. The number of aryl methyl sites for hydroxylation is 1. The summed E-state index contributed by atoms with van der Waals surface area (Å²) in [5.41, 5.74) is -0.184. The van der Waals surface area contributed by atoms with E-state index < -0.39 is 11.5 Å². The molecule has 0 saturated heterocycles. The van der Waals surface area contributed by atoms with Crippen LogP contribution in [0.5, 0.6) is 5.75 Å². The van der Waals surface area contributed by atoms with E-state index in [1.807, 2.05) is 0 Å². The quantitative estimate of drug-likeness (QED) is 0.819. The molecule has 6 nitrogen and oxygen atoms in total. The Bertz CT molecular complexity index is 676. The van der Waals surface area contributed by atoms with Gasteiger partial charge in [-0.1, -0.05) is 12.1 Å². The predicted molar refractivity (Wildman–Crippen MR) is 63.5 cm³/mol. The molecule has 2 N–H and O–H groups in total. The summed E-state index contributed by atoms with van der Waals surface area (Å²) in [5.74, 6) is -1.26. The summed E-state index contributed by atoms with van der Waals surface area (Å²) in [6.07, 6.45) is 0. The molecule has 0 aliphatic heterocycles. The van der Waals surface area contributed by atoms with Crippen molar-refractivity contribution in [3.8, 4) is 17.0 Å². The minimum atomic E-state index is -1.31. The molecule has 0 saturated carbocycles. The number of carboxylic acids is 1. The molecule has 2 aromatic rings. The molecule has 2 rings (SSSR count). The van der Waals surface area contributed by atoms with Crippen LogP contribution < -0.4 is 5.56 Å². The average Bonchev–Trinajstić information content (AvgIpc) is 2.32. The Morgan fingerprint density at radius 1 is 1.33 bits per heavy atom. The molecular weight excluding hydrogens is 236 g/mol. The first kappa shape index (κ1) is 11.8. The van der Waals surface area contributed by atoms with Gasteiger partial charge in [0.25, 0.3) is 5.56 Å². The highest BCUT2D eigenvalue weighted by molar-refractivity contribution is 5.88. The fourth-order valence-electron chi connectivity index (χ4n) is 1.57. The zero-order chi connectivity index (χ0) is 13.3. The van der Waals surface area contributed by atoms with Crippen molar-refractivity contribution in [3.05, 3.63) is 46.2 Å². The largest absolute Gasteiger partial charge is 0.508 e. The van der Waals surface area contributed by atoms with Gasteiger partial charge in [-0.25, -0.2) is 9.48 Å². The maximum Gasteiger partial charge on any atom is 0.341 e. The van der Waals surface area contributed by atoms with E-state index in [0.29, 0.717) is 11.3 Å². The molecule has 92 valence electrons. The van der Waals surface area contributed by atoms with Gasteiger partial charge in [0.2, 0.25) is 0 Å². The first-order chi connectivity index (χ1) is 8.49. The second-order valence-electron chi connectivity index (χ2n) is 3.73.